The summed E-state index contributed by atoms with van der Waals surface area (Å²) >= 11 is 0. The fraction of sp³-hybridized carbons (Fsp3) is 0.286. The van der Waals surface area contributed by atoms with E-state index in [9.17, 15) is 4.79 Å². The normalized spacial score (nSPS) is 12.0. The number of aromatic nitrogens is 2. The summed E-state index contributed by atoms with van der Waals surface area (Å²) in [6.45, 7) is 1.66. The van der Waals surface area contributed by atoms with E-state index in [4.69, 9.17) is 10.4 Å². The van der Waals surface area contributed by atoms with E-state index in [-0.39, 0.29) is 11.7 Å². The van der Waals surface area contributed by atoms with Gasteiger partial charge in [-0.3, -0.25) is 0 Å². The van der Waals surface area contributed by atoms with Gasteiger partial charge in [-0.15, -0.1) is 0 Å². The molecule has 0 spiro atoms. The lowest BCUT2D eigenvalue weighted by Gasteiger charge is -1.99. The average Bonchev–Trinajstić information content (AvgIpc) is 2.51. The Morgan fingerprint density at radius 3 is 3.00 bits per heavy atom. The fourth-order valence-corrected chi connectivity index (χ4v) is 0.726. The summed E-state index contributed by atoms with van der Waals surface area (Å²) < 4.78 is 1.45. The molecular formula is C7H7N3O2. The van der Waals surface area contributed by atoms with Gasteiger partial charge in [0.15, 0.2) is 5.69 Å². The molecule has 0 aliphatic carbocycles. The van der Waals surface area contributed by atoms with Crippen LogP contribution < -0.4 is 0 Å². The molecule has 1 rings (SSSR count). The quantitative estimate of drug-likeness (QED) is 0.698. The number of hydrogen-bond donors (Lipinski definition) is 1. The summed E-state index contributed by atoms with van der Waals surface area (Å²) in [5.41, 5.74) is -0.0444. The third-order valence-corrected chi connectivity index (χ3v) is 1.45. The number of aromatic carboxylic acids is 1. The summed E-state index contributed by atoms with van der Waals surface area (Å²) in [7, 11) is 0. The van der Waals surface area contributed by atoms with Gasteiger partial charge in [-0.2, -0.15) is 5.26 Å². The highest BCUT2D eigenvalue weighted by Crippen LogP contribution is 2.04. The predicted octanol–water partition coefficient (Wildman–Crippen LogP) is 0.666. The van der Waals surface area contributed by atoms with Crippen molar-refractivity contribution in [1.82, 2.24) is 9.55 Å². The van der Waals surface area contributed by atoms with E-state index in [2.05, 4.69) is 4.98 Å². The van der Waals surface area contributed by atoms with E-state index >= 15 is 0 Å². The summed E-state index contributed by atoms with van der Waals surface area (Å²) in [6.07, 6.45) is 2.66. The number of nitrogens with zero attached hydrogens (tertiary/aromatic N) is 3. The monoisotopic (exact) mass is 165 g/mol. The lowest BCUT2D eigenvalue weighted by Crippen LogP contribution is -1.99. The van der Waals surface area contributed by atoms with Crippen molar-refractivity contribution >= 4 is 5.97 Å². The van der Waals surface area contributed by atoms with E-state index in [0.29, 0.717) is 0 Å². The van der Waals surface area contributed by atoms with E-state index in [1.54, 1.807) is 6.92 Å². The Morgan fingerprint density at radius 1 is 1.92 bits per heavy atom. The predicted molar refractivity (Wildman–Crippen MR) is 39.5 cm³/mol. The molecule has 0 fully saturated rings. The Kier molecular flexibility index (Phi) is 2.10. The molecule has 5 nitrogen and oxygen atoms in total. The molecule has 0 saturated carbocycles. The van der Waals surface area contributed by atoms with Crippen LogP contribution in [0.2, 0.25) is 0 Å². The SMILES string of the molecule is CC(C#N)n1cnc(C(=O)O)c1. The molecule has 1 atom stereocenters. The molecule has 0 aromatic carbocycles. The van der Waals surface area contributed by atoms with Crippen LogP contribution in [0.5, 0.6) is 0 Å². The van der Waals surface area contributed by atoms with Gasteiger partial charge in [0.1, 0.15) is 6.04 Å². The van der Waals surface area contributed by atoms with Crippen molar-refractivity contribution in [3.63, 3.8) is 0 Å². The Hall–Kier alpha value is -1.83. The molecule has 0 radical (unpaired) electrons. The minimum Gasteiger partial charge on any atom is -0.476 e. The number of carbonyl (C=O) groups is 1. The lowest BCUT2D eigenvalue weighted by atomic mass is 10.4. The number of hydrogen-bond acceptors (Lipinski definition) is 3. The highest BCUT2D eigenvalue weighted by atomic mass is 16.4. The highest BCUT2D eigenvalue weighted by Gasteiger charge is 2.09. The first-order valence-electron chi connectivity index (χ1n) is 3.31. The second kappa shape index (κ2) is 3.05. The van der Waals surface area contributed by atoms with Crippen molar-refractivity contribution in [2.45, 2.75) is 13.0 Å². The van der Waals surface area contributed by atoms with Crippen LogP contribution in [0.1, 0.15) is 23.5 Å². The minimum atomic E-state index is -1.08. The van der Waals surface area contributed by atoms with Gasteiger partial charge in [0.2, 0.25) is 0 Å². The summed E-state index contributed by atoms with van der Waals surface area (Å²) in [5.74, 6) is -1.08. The van der Waals surface area contributed by atoms with Gasteiger partial charge in [0.25, 0.3) is 0 Å². The van der Waals surface area contributed by atoms with Gasteiger partial charge in [0, 0.05) is 6.20 Å². The Morgan fingerprint density at radius 2 is 2.58 bits per heavy atom. The van der Waals surface area contributed by atoms with Crippen molar-refractivity contribution < 1.29 is 9.90 Å². The van der Waals surface area contributed by atoms with Crippen LogP contribution in [0.3, 0.4) is 0 Å². The van der Waals surface area contributed by atoms with Gasteiger partial charge >= 0.3 is 5.97 Å². The molecule has 0 bridgehead atoms. The minimum absolute atomic E-state index is 0.0444. The van der Waals surface area contributed by atoms with Crippen LogP contribution in [-0.2, 0) is 0 Å². The molecule has 0 amide bonds. The van der Waals surface area contributed by atoms with Crippen LogP contribution in [0.25, 0.3) is 0 Å². The zero-order chi connectivity index (χ0) is 9.14. The van der Waals surface area contributed by atoms with Crippen molar-refractivity contribution in [2.24, 2.45) is 0 Å². The molecule has 1 N–H and O–H groups in total. The van der Waals surface area contributed by atoms with Crippen LogP contribution in [0.4, 0.5) is 0 Å². The average molecular weight is 165 g/mol. The first kappa shape index (κ1) is 8.27. The van der Waals surface area contributed by atoms with Crippen LogP contribution >= 0.6 is 0 Å². The molecular weight excluding hydrogens is 158 g/mol. The van der Waals surface area contributed by atoms with Crippen LogP contribution in [0.15, 0.2) is 12.5 Å². The standard InChI is InChI=1S/C7H7N3O2/c1-5(2-8)10-3-6(7(11)12)9-4-10/h3-5H,1H3,(H,11,12). The van der Waals surface area contributed by atoms with Gasteiger partial charge in [-0.05, 0) is 6.92 Å². The molecule has 0 saturated heterocycles. The van der Waals surface area contributed by atoms with E-state index < -0.39 is 5.97 Å². The molecule has 1 unspecified atom stereocenters. The number of carboxylic acids is 1. The largest absolute Gasteiger partial charge is 0.476 e. The molecule has 1 aromatic rings. The third-order valence-electron chi connectivity index (χ3n) is 1.45. The number of rotatable bonds is 2. The van der Waals surface area contributed by atoms with E-state index in [1.807, 2.05) is 6.07 Å². The van der Waals surface area contributed by atoms with E-state index in [1.165, 1.54) is 17.1 Å². The zero-order valence-electron chi connectivity index (χ0n) is 6.43. The maximum atomic E-state index is 10.4. The topological polar surface area (TPSA) is 78.9 Å². The van der Waals surface area contributed by atoms with Gasteiger partial charge in [-0.25, -0.2) is 9.78 Å². The molecule has 0 aliphatic rings. The second-order valence-electron chi connectivity index (χ2n) is 2.32. The summed E-state index contributed by atoms with van der Waals surface area (Å²) in [4.78, 5) is 14.0. The van der Waals surface area contributed by atoms with Gasteiger partial charge in [-0.1, -0.05) is 0 Å². The first-order valence-corrected chi connectivity index (χ1v) is 3.31. The Labute approximate surface area is 68.9 Å². The Balaban J connectivity index is 2.93. The zero-order valence-corrected chi connectivity index (χ0v) is 6.43. The fourth-order valence-electron chi connectivity index (χ4n) is 0.726. The maximum absolute atomic E-state index is 10.4. The van der Waals surface area contributed by atoms with Crippen LogP contribution in [0, 0.1) is 11.3 Å². The summed E-state index contributed by atoms with van der Waals surface area (Å²) in [6, 6.07) is 1.58. The number of nitriles is 1. The third kappa shape index (κ3) is 1.42. The summed E-state index contributed by atoms with van der Waals surface area (Å²) in [5, 5.41) is 17.0. The molecule has 0 aliphatic heterocycles. The number of imidazole rings is 1. The van der Waals surface area contributed by atoms with Crippen molar-refractivity contribution in [3.8, 4) is 6.07 Å². The highest BCUT2D eigenvalue weighted by molar-refractivity contribution is 5.84. The van der Waals surface area contributed by atoms with Crippen molar-refractivity contribution in [3.05, 3.63) is 18.2 Å². The molecule has 12 heavy (non-hydrogen) atoms. The molecule has 5 heteroatoms. The molecule has 62 valence electrons. The molecule has 1 heterocycles. The Bertz CT molecular complexity index is 337. The number of carboxylic acid groups (broad SMARTS) is 1. The lowest BCUT2D eigenvalue weighted by molar-refractivity contribution is 0.0691. The maximum Gasteiger partial charge on any atom is 0.356 e. The van der Waals surface area contributed by atoms with Gasteiger partial charge < -0.3 is 9.67 Å². The van der Waals surface area contributed by atoms with Gasteiger partial charge in [0.05, 0.1) is 12.4 Å². The molecule has 1 aromatic heterocycles. The smallest absolute Gasteiger partial charge is 0.356 e. The van der Waals surface area contributed by atoms with E-state index in [0.717, 1.165) is 0 Å². The van der Waals surface area contributed by atoms with Crippen molar-refractivity contribution in [1.29, 1.82) is 5.26 Å². The second-order valence-corrected chi connectivity index (χ2v) is 2.32. The van der Waals surface area contributed by atoms with Crippen LogP contribution in [-0.4, -0.2) is 20.6 Å². The van der Waals surface area contributed by atoms with Crippen molar-refractivity contribution in [2.75, 3.05) is 0 Å². The first-order chi connectivity index (χ1) is 5.65.